The molecule has 0 bridgehead atoms. The summed E-state index contributed by atoms with van der Waals surface area (Å²) in [5, 5.41) is 0. The molecule has 188 valence electrons. The van der Waals surface area contributed by atoms with Crippen molar-refractivity contribution >= 4 is 21.6 Å². The number of alkyl halides is 3. The highest BCUT2D eigenvalue weighted by atomic mass is 32.2. The predicted molar refractivity (Wildman–Crippen MR) is 124 cm³/mol. The van der Waals surface area contributed by atoms with Crippen LogP contribution >= 0.6 is 0 Å². The molecule has 9 nitrogen and oxygen atoms in total. The molecule has 1 aliphatic carbocycles. The van der Waals surface area contributed by atoms with Crippen LogP contribution in [0.1, 0.15) is 25.3 Å². The van der Waals surface area contributed by atoms with Gasteiger partial charge < -0.3 is 4.90 Å². The van der Waals surface area contributed by atoms with Gasteiger partial charge in [-0.05, 0) is 38.0 Å². The minimum absolute atomic E-state index is 0.0663. The van der Waals surface area contributed by atoms with Gasteiger partial charge in [-0.15, -0.1) is 0 Å². The Labute approximate surface area is 201 Å². The van der Waals surface area contributed by atoms with E-state index < -0.39 is 21.8 Å². The van der Waals surface area contributed by atoms with E-state index in [-0.39, 0.29) is 18.6 Å². The van der Waals surface area contributed by atoms with E-state index in [0.717, 1.165) is 37.9 Å². The fourth-order valence-electron chi connectivity index (χ4n) is 4.71. The van der Waals surface area contributed by atoms with Crippen molar-refractivity contribution in [2.75, 3.05) is 30.8 Å². The highest BCUT2D eigenvalue weighted by Gasteiger charge is 2.42. The van der Waals surface area contributed by atoms with Crippen LogP contribution in [0.4, 0.5) is 19.1 Å². The minimum atomic E-state index is -4.47. The zero-order valence-electron chi connectivity index (χ0n) is 19.3. The van der Waals surface area contributed by atoms with Gasteiger partial charge in [-0.2, -0.15) is 13.2 Å². The second kappa shape index (κ2) is 8.71. The molecule has 1 N–H and O–H groups in total. The van der Waals surface area contributed by atoms with E-state index in [1.54, 1.807) is 12.3 Å². The number of aromatic nitrogens is 4. The maximum absolute atomic E-state index is 13.3. The first-order valence-electron chi connectivity index (χ1n) is 11.4. The number of nitrogens with zero attached hydrogens (tertiary/aromatic N) is 6. The van der Waals surface area contributed by atoms with Gasteiger partial charge in [0.15, 0.2) is 0 Å². The van der Waals surface area contributed by atoms with E-state index in [1.165, 1.54) is 16.7 Å². The van der Waals surface area contributed by atoms with E-state index in [4.69, 9.17) is 0 Å². The molecule has 2 atom stereocenters. The maximum Gasteiger partial charge on any atom is 0.417 e. The van der Waals surface area contributed by atoms with Gasteiger partial charge in [0.25, 0.3) is 0 Å². The Kier molecular flexibility index (Phi) is 5.96. The van der Waals surface area contributed by atoms with Crippen molar-refractivity contribution in [3.8, 4) is 11.4 Å². The van der Waals surface area contributed by atoms with E-state index in [0.29, 0.717) is 35.6 Å². The van der Waals surface area contributed by atoms with E-state index in [1.807, 2.05) is 11.8 Å². The monoisotopic (exact) mass is 509 g/mol. The number of hydrogen-bond donors (Lipinski definition) is 1. The molecule has 3 aromatic rings. The summed E-state index contributed by atoms with van der Waals surface area (Å²) < 4.78 is 67.3. The minimum Gasteiger partial charge on any atom is -0.335 e. The molecule has 13 heteroatoms. The molecule has 5 rings (SSSR count). The quantitative estimate of drug-likeness (QED) is 0.545. The number of pyridine rings is 1. The van der Waals surface area contributed by atoms with Crippen LogP contribution in [0.15, 0.2) is 36.8 Å². The van der Waals surface area contributed by atoms with Gasteiger partial charge in [-0.1, -0.05) is 0 Å². The summed E-state index contributed by atoms with van der Waals surface area (Å²) in [5.74, 6) is 0.441. The zero-order chi connectivity index (χ0) is 25.0. The first-order valence-corrected chi connectivity index (χ1v) is 13.2. The lowest BCUT2D eigenvalue weighted by Gasteiger charge is -2.46. The van der Waals surface area contributed by atoms with Gasteiger partial charge in [0.05, 0.1) is 29.4 Å². The summed E-state index contributed by atoms with van der Waals surface area (Å²) in [6.07, 6.45) is 2.96. The van der Waals surface area contributed by atoms with Gasteiger partial charge in [0, 0.05) is 50.2 Å². The lowest BCUT2D eigenvalue weighted by molar-refractivity contribution is -0.137. The molecule has 1 saturated carbocycles. The summed E-state index contributed by atoms with van der Waals surface area (Å²) in [4.78, 5) is 17.7. The van der Waals surface area contributed by atoms with Crippen molar-refractivity contribution in [1.29, 1.82) is 0 Å². The molecule has 0 spiro atoms. The Morgan fingerprint density at radius 1 is 1.14 bits per heavy atom. The van der Waals surface area contributed by atoms with Crippen molar-refractivity contribution in [3.05, 3.63) is 42.4 Å². The molecule has 2 aliphatic rings. The summed E-state index contributed by atoms with van der Waals surface area (Å²) in [7, 11) is -3.35. The van der Waals surface area contributed by atoms with E-state index >= 15 is 0 Å². The maximum atomic E-state index is 13.3. The van der Waals surface area contributed by atoms with Crippen molar-refractivity contribution in [1.82, 2.24) is 29.0 Å². The highest BCUT2D eigenvalue weighted by molar-refractivity contribution is 7.88. The van der Waals surface area contributed by atoms with Gasteiger partial charge in [0.1, 0.15) is 5.65 Å². The molecule has 0 unspecified atom stereocenters. The first kappa shape index (κ1) is 23.9. The molecule has 35 heavy (non-hydrogen) atoms. The molecular weight excluding hydrogens is 483 g/mol. The number of rotatable bonds is 6. The average Bonchev–Trinajstić information content (AvgIpc) is 3.55. The third-order valence-electron chi connectivity index (χ3n) is 6.64. The van der Waals surface area contributed by atoms with Crippen LogP contribution in [0.3, 0.4) is 0 Å². The van der Waals surface area contributed by atoms with Crippen LogP contribution in [0.5, 0.6) is 0 Å². The number of hydrogen-bond acceptors (Lipinski definition) is 7. The molecule has 1 aliphatic heterocycles. The lowest BCUT2D eigenvalue weighted by atomic mass is 10.0. The number of nitrogens with one attached hydrogen (secondary N) is 1. The Hall–Kier alpha value is -2.77. The molecule has 0 aromatic carbocycles. The van der Waals surface area contributed by atoms with Crippen LogP contribution in [-0.2, 0) is 16.2 Å². The Balaban J connectivity index is 1.45. The smallest absolute Gasteiger partial charge is 0.335 e. The molecule has 4 heterocycles. The number of imidazole rings is 1. The van der Waals surface area contributed by atoms with Crippen molar-refractivity contribution in [3.63, 3.8) is 0 Å². The third kappa shape index (κ3) is 4.98. The number of sulfonamides is 1. The van der Waals surface area contributed by atoms with E-state index in [9.17, 15) is 21.6 Å². The predicted octanol–water partition coefficient (Wildman–Crippen LogP) is 2.40. The molecule has 0 amide bonds. The lowest BCUT2D eigenvalue weighted by Crippen LogP contribution is -2.62. The standard InChI is InChI=1S/C22H26F3N7O2S/c1-14-18(12-28-35(2,33)34)31(16-4-5-16)10-9-30(14)21-26-8-7-17(29-21)19-11-27-20-6-3-15(13-32(19)20)22(23,24)25/h3,6-8,11,13-14,16,18,28H,4-5,9-10,12H2,1-2H3/t14-,18+/m1/s1. The second-order valence-corrected chi connectivity index (χ2v) is 11.0. The number of fused-ring (bicyclic) bond motifs is 1. The van der Waals surface area contributed by atoms with Crippen LogP contribution < -0.4 is 9.62 Å². The first-order chi connectivity index (χ1) is 16.5. The van der Waals surface area contributed by atoms with Crippen molar-refractivity contribution in [2.45, 2.75) is 44.1 Å². The molecular formula is C22H26F3N7O2S. The van der Waals surface area contributed by atoms with Crippen molar-refractivity contribution in [2.24, 2.45) is 0 Å². The van der Waals surface area contributed by atoms with E-state index in [2.05, 4.69) is 24.6 Å². The van der Waals surface area contributed by atoms with Crippen LogP contribution in [0.25, 0.3) is 17.0 Å². The van der Waals surface area contributed by atoms with Crippen LogP contribution in [-0.4, -0.2) is 76.7 Å². The SMILES string of the molecule is C[C@@H]1[C@H](CNS(C)(=O)=O)N(C2CC2)CCN1c1nccc(-c2cnc3ccc(C(F)(F)F)cn23)n1. The second-order valence-electron chi connectivity index (χ2n) is 9.12. The summed E-state index contributed by atoms with van der Waals surface area (Å²) >= 11 is 0. The van der Waals surface area contributed by atoms with Crippen molar-refractivity contribution < 1.29 is 21.6 Å². The fourth-order valence-corrected chi connectivity index (χ4v) is 5.18. The summed E-state index contributed by atoms with van der Waals surface area (Å²) in [6.45, 7) is 3.69. The Bertz CT molecular complexity index is 1340. The number of anilines is 1. The van der Waals surface area contributed by atoms with Gasteiger partial charge in [-0.25, -0.2) is 28.1 Å². The Morgan fingerprint density at radius 2 is 1.91 bits per heavy atom. The topological polar surface area (TPSA) is 95.7 Å². The molecule has 3 aromatic heterocycles. The number of halogens is 3. The Morgan fingerprint density at radius 3 is 2.60 bits per heavy atom. The zero-order valence-corrected chi connectivity index (χ0v) is 20.1. The largest absolute Gasteiger partial charge is 0.417 e. The summed E-state index contributed by atoms with van der Waals surface area (Å²) in [6, 6.07) is 4.27. The van der Waals surface area contributed by atoms with Crippen LogP contribution in [0.2, 0.25) is 0 Å². The fraction of sp³-hybridized carbons (Fsp3) is 0.500. The molecule has 0 radical (unpaired) electrons. The average molecular weight is 510 g/mol. The number of piperazine rings is 1. The molecule has 2 fully saturated rings. The van der Waals surface area contributed by atoms with Gasteiger partial charge in [-0.3, -0.25) is 9.30 Å². The summed E-state index contributed by atoms with van der Waals surface area (Å²) in [5.41, 5.74) is 0.481. The highest BCUT2D eigenvalue weighted by Crippen LogP contribution is 2.34. The van der Waals surface area contributed by atoms with Gasteiger partial charge >= 0.3 is 6.18 Å². The normalized spacial score (nSPS) is 22.1. The third-order valence-corrected chi connectivity index (χ3v) is 7.33. The molecule has 1 saturated heterocycles. The van der Waals surface area contributed by atoms with Gasteiger partial charge in [0.2, 0.25) is 16.0 Å². The van der Waals surface area contributed by atoms with Crippen LogP contribution in [0, 0.1) is 0 Å².